The van der Waals surface area contributed by atoms with Crippen LogP contribution in [0.25, 0.3) is 0 Å². The van der Waals surface area contributed by atoms with Gasteiger partial charge in [0.2, 0.25) is 11.9 Å². The average molecular weight is 352 g/mol. The summed E-state index contributed by atoms with van der Waals surface area (Å²) < 4.78 is 6.04. The van der Waals surface area contributed by atoms with Crippen molar-refractivity contribution >= 4 is 17.5 Å². The predicted octanol–water partition coefficient (Wildman–Crippen LogP) is 3.39. The number of aryl methyl sites for hydroxylation is 2. The fraction of sp³-hybridized carbons (Fsp3) is 0.350. The van der Waals surface area contributed by atoms with Gasteiger partial charge in [-0.1, -0.05) is 6.58 Å². The molecule has 1 amide bonds. The van der Waals surface area contributed by atoms with Crippen LogP contribution < -0.4 is 10.1 Å². The van der Waals surface area contributed by atoms with Gasteiger partial charge in [0, 0.05) is 43.0 Å². The third kappa shape index (κ3) is 4.59. The van der Waals surface area contributed by atoms with Crippen LogP contribution in [-0.4, -0.2) is 40.0 Å². The van der Waals surface area contributed by atoms with Gasteiger partial charge in [0.15, 0.2) is 0 Å². The number of rotatable bonds is 5. The smallest absolute Gasteiger partial charge is 0.245 e. The summed E-state index contributed by atoms with van der Waals surface area (Å²) in [4.78, 5) is 22.2. The molecular weight excluding hydrogens is 328 g/mol. The Bertz CT molecular complexity index is 761. The van der Waals surface area contributed by atoms with Crippen LogP contribution in [0.4, 0.5) is 11.6 Å². The van der Waals surface area contributed by atoms with Crippen molar-refractivity contribution in [3.8, 4) is 5.75 Å². The van der Waals surface area contributed by atoms with Gasteiger partial charge in [0.25, 0.3) is 0 Å². The number of hydrogen-bond acceptors (Lipinski definition) is 5. The molecule has 1 aliphatic rings. The average Bonchev–Trinajstić information content (AvgIpc) is 2.62. The van der Waals surface area contributed by atoms with E-state index in [2.05, 4.69) is 21.9 Å². The summed E-state index contributed by atoms with van der Waals surface area (Å²) in [7, 11) is 0. The highest BCUT2D eigenvalue weighted by molar-refractivity contribution is 5.87. The number of ether oxygens (including phenoxy) is 1. The van der Waals surface area contributed by atoms with Crippen molar-refractivity contribution in [2.75, 3.05) is 18.4 Å². The van der Waals surface area contributed by atoms with Gasteiger partial charge in [-0.05, 0) is 50.3 Å². The van der Waals surface area contributed by atoms with Crippen molar-refractivity contribution in [2.45, 2.75) is 32.8 Å². The Morgan fingerprint density at radius 1 is 1.19 bits per heavy atom. The van der Waals surface area contributed by atoms with Crippen LogP contribution >= 0.6 is 0 Å². The lowest BCUT2D eigenvalue weighted by atomic mass is 10.1. The maximum Gasteiger partial charge on any atom is 0.245 e. The van der Waals surface area contributed by atoms with Crippen molar-refractivity contribution in [3.63, 3.8) is 0 Å². The van der Waals surface area contributed by atoms with E-state index >= 15 is 0 Å². The topological polar surface area (TPSA) is 67.3 Å². The number of likely N-dealkylation sites (tertiary alicyclic amines) is 1. The molecule has 1 N–H and O–H groups in total. The van der Waals surface area contributed by atoms with Gasteiger partial charge in [-0.2, -0.15) is 0 Å². The molecule has 136 valence electrons. The summed E-state index contributed by atoms with van der Waals surface area (Å²) in [6.45, 7) is 8.85. The first-order chi connectivity index (χ1) is 12.5. The normalized spacial score (nSPS) is 14.8. The van der Waals surface area contributed by atoms with E-state index in [9.17, 15) is 4.79 Å². The zero-order valence-corrected chi connectivity index (χ0v) is 15.2. The molecule has 0 aliphatic carbocycles. The summed E-state index contributed by atoms with van der Waals surface area (Å²) in [6.07, 6.45) is 3.16. The fourth-order valence-corrected chi connectivity index (χ4v) is 3.04. The lowest BCUT2D eigenvalue weighted by Crippen LogP contribution is -2.41. The molecule has 0 unspecified atom stereocenters. The number of piperidine rings is 1. The molecular formula is C20H24N4O2. The molecule has 1 aromatic carbocycles. The molecule has 0 spiro atoms. The SMILES string of the molecule is C=CC(=O)N1CCC(Oc2ccc(Nc3nc(C)cc(C)n3)cc2)CC1. The number of carbonyl (C=O) groups excluding carboxylic acids is 1. The van der Waals surface area contributed by atoms with Crippen LogP contribution in [0.15, 0.2) is 43.0 Å². The molecule has 2 heterocycles. The second kappa shape index (κ2) is 7.99. The minimum absolute atomic E-state index is 0.00696. The minimum atomic E-state index is -0.00696. The van der Waals surface area contributed by atoms with Crippen LogP contribution in [0.2, 0.25) is 0 Å². The van der Waals surface area contributed by atoms with Crippen molar-refractivity contribution in [1.82, 2.24) is 14.9 Å². The number of amides is 1. The van der Waals surface area contributed by atoms with Gasteiger partial charge in [0.05, 0.1) is 0 Å². The number of nitrogens with one attached hydrogen (secondary N) is 1. The van der Waals surface area contributed by atoms with E-state index in [0.717, 1.165) is 35.7 Å². The Labute approximate surface area is 153 Å². The first-order valence-electron chi connectivity index (χ1n) is 8.81. The van der Waals surface area contributed by atoms with Gasteiger partial charge >= 0.3 is 0 Å². The number of anilines is 2. The zero-order chi connectivity index (χ0) is 18.5. The maximum atomic E-state index is 11.6. The molecule has 26 heavy (non-hydrogen) atoms. The van der Waals surface area contributed by atoms with Crippen LogP contribution in [0.5, 0.6) is 5.75 Å². The molecule has 1 aliphatic heterocycles. The van der Waals surface area contributed by atoms with Crippen LogP contribution in [0.3, 0.4) is 0 Å². The highest BCUT2D eigenvalue weighted by Crippen LogP contribution is 2.22. The van der Waals surface area contributed by atoms with Crippen molar-refractivity contribution in [2.24, 2.45) is 0 Å². The number of carbonyl (C=O) groups is 1. The Kier molecular flexibility index (Phi) is 5.51. The zero-order valence-electron chi connectivity index (χ0n) is 15.2. The van der Waals surface area contributed by atoms with Crippen LogP contribution in [-0.2, 0) is 4.79 Å². The summed E-state index contributed by atoms with van der Waals surface area (Å²) in [5.74, 6) is 1.41. The van der Waals surface area contributed by atoms with Crippen molar-refractivity contribution in [3.05, 3.63) is 54.4 Å². The fourth-order valence-electron chi connectivity index (χ4n) is 3.04. The van der Waals surface area contributed by atoms with E-state index in [4.69, 9.17) is 4.74 Å². The molecule has 1 fully saturated rings. The van der Waals surface area contributed by atoms with Gasteiger partial charge in [-0.3, -0.25) is 4.79 Å². The standard InChI is InChI=1S/C20H24N4O2/c1-4-19(25)24-11-9-18(10-12-24)26-17-7-5-16(6-8-17)23-20-21-14(2)13-15(3)22-20/h4-8,13,18H,1,9-12H2,2-3H3,(H,21,22,23). The van der Waals surface area contributed by atoms with Gasteiger partial charge in [-0.15, -0.1) is 0 Å². The molecule has 1 aromatic heterocycles. The molecule has 1 saturated heterocycles. The Morgan fingerprint density at radius 3 is 2.38 bits per heavy atom. The van der Waals surface area contributed by atoms with E-state index in [1.54, 1.807) is 0 Å². The number of aromatic nitrogens is 2. The third-order valence-electron chi connectivity index (χ3n) is 4.32. The third-order valence-corrected chi connectivity index (χ3v) is 4.32. The van der Waals surface area contributed by atoms with Gasteiger partial charge < -0.3 is 15.0 Å². The molecule has 2 aromatic rings. The quantitative estimate of drug-likeness (QED) is 0.836. The van der Waals surface area contributed by atoms with Crippen molar-refractivity contribution in [1.29, 1.82) is 0 Å². The number of nitrogens with zero attached hydrogens (tertiary/aromatic N) is 3. The van der Waals surface area contributed by atoms with E-state index in [1.807, 2.05) is 49.1 Å². The van der Waals surface area contributed by atoms with E-state index in [1.165, 1.54) is 6.08 Å². The van der Waals surface area contributed by atoms with E-state index in [-0.39, 0.29) is 12.0 Å². The Balaban J connectivity index is 1.55. The van der Waals surface area contributed by atoms with E-state index < -0.39 is 0 Å². The molecule has 6 nitrogen and oxygen atoms in total. The Morgan fingerprint density at radius 2 is 1.81 bits per heavy atom. The number of hydrogen-bond donors (Lipinski definition) is 1. The van der Waals surface area contributed by atoms with Gasteiger partial charge in [-0.25, -0.2) is 9.97 Å². The highest BCUT2D eigenvalue weighted by Gasteiger charge is 2.22. The molecule has 0 saturated carbocycles. The minimum Gasteiger partial charge on any atom is -0.490 e. The lowest BCUT2D eigenvalue weighted by molar-refractivity contribution is -0.127. The van der Waals surface area contributed by atoms with E-state index in [0.29, 0.717) is 19.0 Å². The number of benzene rings is 1. The Hall–Kier alpha value is -2.89. The first-order valence-corrected chi connectivity index (χ1v) is 8.81. The molecule has 0 bridgehead atoms. The second-order valence-corrected chi connectivity index (χ2v) is 6.47. The summed E-state index contributed by atoms with van der Waals surface area (Å²) in [5.41, 5.74) is 2.77. The lowest BCUT2D eigenvalue weighted by Gasteiger charge is -2.31. The first kappa shape index (κ1) is 17.9. The highest BCUT2D eigenvalue weighted by atomic mass is 16.5. The molecule has 3 rings (SSSR count). The largest absolute Gasteiger partial charge is 0.490 e. The molecule has 0 radical (unpaired) electrons. The summed E-state index contributed by atoms with van der Waals surface area (Å²) in [6, 6.07) is 9.72. The van der Waals surface area contributed by atoms with Crippen molar-refractivity contribution < 1.29 is 9.53 Å². The molecule has 0 atom stereocenters. The van der Waals surface area contributed by atoms with Crippen LogP contribution in [0, 0.1) is 13.8 Å². The monoisotopic (exact) mass is 352 g/mol. The summed E-state index contributed by atoms with van der Waals surface area (Å²) in [5, 5.41) is 3.21. The van der Waals surface area contributed by atoms with Crippen LogP contribution in [0.1, 0.15) is 24.2 Å². The predicted molar refractivity (Wildman–Crippen MR) is 102 cm³/mol. The van der Waals surface area contributed by atoms with Gasteiger partial charge in [0.1, 0.15) is 11.9 Å². The summed E-state index contributed by atoms with van der Waals surface area (Å²) >= 11 is 0. The second-order valence-electron chi connectivity index (χ2n) is 6.47. The molecule has 6 heteroatoms. The maximum absolute atomic E-state index is 11.6.